The van der Waals surface area contributed by atoms with Crippen molar-refractivity contribution >= 4 is 23.2 Å². The van der Waals surface area contributed by atoms with Gasteiger partial charge in [-0.05, 0) is 18.9 Å². The van der Waals surface area contributed by atoms with Crippen LogP contribution >= 0.6 is 11.3 Å². The van der Waals surface area contributed by atoms with Crippen LogP contribution < -0.4 is 5.73 Å². The first-order valence-electron chi connectivity index (χ1n) is 7.12. The molecule has 1 atom stereocenters. The summed E-state index contributed by atoms with van der Waals surface area (Å²) in [7, 11) is 0. The monoisotopic (exact) mass is 320 g/mol. The molecule has 116 valence electrons. The molecule has 0 unspecified atom stereocenters. The van der Waals surface area contributed by atoms with E-state index in [0.29, 0.717) is 35.1 Å². The fraction of sp³-hybridized carbons (Fsp3) is 0.429. The summed E-state index contributed by atoms with van der Waals surface area (Å²) in [5.74, 6) is 0.470. The summed E-state index contributed by atoms with van der Waals surface area (Å²) in [6, 6.07) is 1.37. The number of carbonyl (C=O) groups is 2. The summed E-state index contributed by atoms with van der Waals surface area (Å²) in [6.07, 6.45) is 2.36. The number of hydrogen-bond acceptors (Lipinski definition) is 6. The van der Waals surface area contributed by atoms with Crippen molar-refractivity contribution in [2.75, 3.05) is 6.54 Å². The lowest BCUT2D eigenvalue weighted by Crippen LogP contribution is -2.30. The van der Waals surface area contributed by atoms with E-state index >= 15 is 0 Å². The summed E-state index contributed by atoms with van der Waals surface area (Å²) in [5.41, 5.74) is 5.59. The molecule has 0 saturated carbocycles. The van der Waals surface area contributed by atoms with E-state index in [2.05, 4.69) is 10.1 Å². The van der Waals surface area contributed by atoms with Gasteiger partial charge in [-0.15, -0.1) is 11.3 Å². The molecule has 0 spiro atoms. The number of thiophene rings is 1. The molecular weight excluding hydrogens is 304 g/mol. The number of aromatic nitrogens is 2. The molecule has 3 heterocycles. The zero-order valence-electron chi connectivity index (χ0n) is 12.1. The summed E-state index contributed by atoms with van der Waals surface area (Å²) in [5, 5.41) is 5.58. The first-order chi connectivity index (χ1) is 10.6. The number of nitrogens with zero attached hydrogens (tertiary/aromatic N) is 3. The molecule has 0 aliphatic carbocycles. The lowest BCUT2D eigenvalue weighted by Gasteiger charge is -2.21. The summed E-state index contributed by atoms with van der Waals surface area (Å²) < 4.78 is 5.14. The highest BCUT2D eigenvalue weighted by Gasteiger charge is 2.34. The van der Waals surface area contributed by atoms with E-state index in [1.807, 2.05) is 6.92 Å². The minimum atomic E-state index is -0.529. The first kappa shape index (κ1) is 14.7. The molecule has 0 bridgehead atoms. The number of carbonyl (C=O) groups excluding carboxylic acids is 2. The Morgan fingerprint density at radius 2 is 2.36 bits per heavy atom. The molecule has 1 saturated heterocycles. The Hall–Kier alpha value is -2.22. The highest BCUT2D eigenvalue weighted by molar-refractivity contribution is 7.12. The van der Waals surface area contributed by atoms with Gasteiger partial charge in [0.15, 0.2) is 5.82 Å². The van der Waals surface area contributed by atoms with Crippen molar-refractivity contribution in [3.05, 3.63) is 33.6 Å². The van der Waals surface area contributed by atoms with Gasteiger partial charge in [-0.2, -0.15) is 4.98 Å². The van der Waals surface area contributed by atoms with Crippen molar-refractivity contribution < 1.29 is 14.1 Å². The molecule has 2 aromatic heterocycles. The van der Waals surface area contributed by atoms with Crippen LogP contribution in [0.25, 0.3) is 0 Å². The second-order valence-corrected chi connectivity index (χ2v) is 6.03. The summed E-state index contributed by atoms with van der Waals surface area (Å²) in [4.78, 5) is 30.4. The van der Waals surface area contributed by atoms with Crippen molar-refractivity contribution in [3.8, 4) is 0 Å². The molecule has 0 radical (unpaired) electrons. The Kier molecular flexibility index (Phi) is 3.93. The predicted octanol–water partition coefficient (Wildman–Crippen LogP) is 1.77. The Balaban J connectivity index is 1.82. The average molecular weight is 320 g/mol. The van der Waals surface area contributed by atoms with E-state index in [0.717, 1.165) is 12.8 Å². The summed E-state index contributed by atoms with van der Waals surface area (Å²) in [6.45, 7) is 2.58. The maximum Gasteiger partial charge on any atom is 0.264 e. The fourth-order valence-electron chi connectivity index (χ4n) is 2.54. The maximum atomic E-state index is 12.6. The zero-order valence-corrected chi connectivity index (χ0v) is 12.9. The molecule has 8 heteroatoms. The summed E-state index contributed by atoms with van der Waals surface area (Å²) >= 11 is 1.22. The van der Waals surface area contributed by atoms with E-state index in [1.54, 1.807) is 16.3 Å². The van der Waals surface area contributed by atoms with Gasteiger partial charge in [0.25, 0.3) is 5.91 Å². The molecule has 2 aromatic rings. The quantitative estimate of drug-likeness (QED) is 0.925. The molecule has 3 rings (SSSR count). The fourth-order valence-corrected chi connectivity index (χ4v) is 3.40. The van der Waals surface area contributed by atoms with Gasteiger partial charge in [-0.1, -0.05) is 12.1 Å². The second-order valence-electron chi connectivity index (χ2n) is 5.12. The van der Waals surface area contributed by atoms with E-state index in [4.69, 9.17) is 10.3 Å². The molecule has 0 aromatic carbocycles. The van der Waals surface area contributed by atoms with Crippen LogP contribution in [0.5, 0.6) is 0 Å². The van der Waals surface area contributed by atoms with Crippen LogP contribution in [0.15, 0.2) is 16.0 Å². The number of nitrogens with two attached hydrogens (primary N) is 1. The molecule has 22 heavy (non-hydrogen) atoms. The molecule has 2 amide bonds. The van der Waals surface area contributed by atoms with E-state index in [9.17, 15) is 9.59 Å². The van der Waals surface area contributed by atoms with Crippen LogP contribution in [0.4, 0.5) is 0 Å². The van der Waals surface area contributed by atoms with Gasteiger partial charge >= 0.3 is 0 Å². The number of hydrogen-bond donors (Lipinski definition) is 1. The molecule has 2 N–H and O–H groups in total. The Labute approximate surface area is 131 Å². The minimum absolute atomic E-state index is 0.122. The van der Waals surface area contributed by atoms with Gasteiger partial charge in [-0.3, -0.25) is 9.59 Å². The van der Waals surface area contributed by atoms with E-state index in [-0.39, 0.29) is 11.9 Å². The van der Waals surface area contributed by atoms with Crippen molar-refractivity contribution in [2.24, 2.45) is 5.73 Å². The first-order valence-corrected chi connectivity index (χ1v) is 8.00. The van der Waals surface area contributed by atoms with Crippen molar-refractivity contribution in [2.45, 2.75) is 32.2 Å². The smallest absolute Gasteiger partial charge is 0.264 e. The van der Waals surface area contributed by atoms with E-state index < -0.39 is 5.91 Å². The number of rotatable bonds is 4. The van der Waals surface area contributed by atoms with Gasteiger partial charge in [0.05, 0.1) is 16.5 Å². The minimum Gasteiger partial charge on any atom is -0.366 e. The van der Waals surface area contributed by atoms with Crippen LogP contribution in [0.2, 0.25) is 0 Å². The van der Waals surface area contributed by atoms with Gasteiger partial charge in [-0.25, -0.2) is 0 Å². The molecule has 7 nitrogen and oxygen atoms in total. The largest absolute Gasteiger partial charge is 0.366 e. The standard InChI is InChI=1S/C14H16N4O3S/c1-2-11-16-13(17-21-11)9-4-3-5-18(9)14(20)10-6-8(7-22-10)12(15)19/h6-7,9H,2-5H2,1H3,(H2,15,19)/t9-/m0/s1. The van der Waals surface area contributed by atoms with E-state index in [1.165, 1.54) is 11.3 Å². The molecular formula is C14H16N4O3S. The van der Waals surface area contributed by atoms with Crippen molar-refractivity contribution in [1.82, 2.24) is 15.0 Å². The van der Waals surface area contributed by atoms with Crippen molar-refractivity contribution in [3.63, 3.8) is 0 Å². The topological polar surface area (TPSA) is 102 Å². The third kappa shape index (κ3) is 2.61. The SMILES string of the molecule is CCc1nc([C@@H]2CCCN2C(=O)c2cc(C(N)=O)cs2)no1. The van der Waals surface area contributed by atoms with Crippen LogP contribution in [0.1, 0.15) is 57.6 Å². The van der Waals surface area contributed by atoms with Crippen molar-refractivity contribution in [1.29, 1.82) is 0 Å². The maximum absolute atomic E-state index is 12.6. The van der Waals surface area contributed by atoms with Crippen LogP contribution in [0.3, 0.4) is 0 Å². The Morgan fingerprint density at radius 1 is 1.55 bits per heavy atom. The Morgan fingerprint density at radius 3 is 3.00 bits per heavy atom. The number of aryl methyl sites for hydroxylation is 1. The predicted molar refractivity (Wildman–Crippen MR) is 79.5 cm³/mol. The number of amides is 2. The second kappa shape index (κ2) is 5.88. The van der Waals surface area contributed by atoms with Crippen LogP contribution in [0, 0.1) is 0 Å². The highest BCUT2D eigenvalue weighted by atomic mass is 32.1. The highest BCUT2D eigenvalue weighted by Crippen LogP contribution is 2.32. The number of primary amides is 1. The van der Waals surface area contributed by atoms with Gasteiger partial charge in [0.2, 0.25) is 11.8 Å². The molecule has 1 aliphatic heterocycles. The number of likely N-dealkylation sites (tertiary alicyclic amines) is 1. The zero-order chi connectivity index (χ0) is 15.7. The lowest BCUT2D eigenvalue weighted by molar-refractivity contribution is 0.0733. The average Bonchev–Trinajstić information content (AvgIpc) is 3.24. The normalized spacial score (nSPS) is 17.9. The third-order valence-corrected chi connectivity index (χ3v) is 4.61. The van der Waals surface area contributed by atoms with Crippen LogP contribution in [-0.4, -0.2) is 33.4 Å². The van der Waals surface area contributed by atoms with Crippen LogP contribution in [-0.2, 0) is 6.42 Å². The lowest BCUT2D eigenvalue weighted by atomic mass is 10.2. The molecule has 1 fully saturated rings. The Bertz CT molecular complexity index is 709. The van der Waals surface area contributed by atoms with Gasteiger partial charge in [0.1, 0.15) is 0 Å². The third-order valence-electron chi connectivity index (χ3n) is 3.69. The van der Waals surface area contributed by atoms with Gasteiger partial charge < -0.3 is 15.2 Å². The van der Waals surface area contributed by atoms with Gasteiger partial charge in [0, 0.05) is 18.3 Å². The molecule has 1 aliphatic rings.